The Hall–Kier alpha value is -1.46. The second kappa shape index (κ2) is 3.97. The average Bonchev–Trinajstić information content (AvgIpc) is 2.34. The molecule has 0 aliphatic carbocycles. The Bertz CT molecular complexity index is 227. The number of hydrazone groups is 1. The minimum atomic E-state index is -0.687. The van der Waals surface area contributed by atoms with E-state index in [2.05, 4.69) is 17.3 Å². The van der Waals surface area contributed by atoms with Crippen molar-refractivity contribution < 1.29 is 4.79 Å². The molecule has 5 N–H and O–H groups in total. The molecule has 2 amide bonds. The van der Waals surface area contributed by atoms with Crippen molar-refractivity contribution in [2.45, 2.75) is 25.8 Å². The van der Waals surface area contributed by atoms with E-state index in [1.807, 2.05) is 5.01 Å². The lowest BCUT2D eigenvalue weighted by Crippen LogP contribution is -2.42. The fourth-order valence-corrected chi connectivity index (χ4v) is 1.36. The van der Waals surface area contributed by atoms with Crippen LogP contribution in [-0.4, -0.2) is 29.6 Å². The topological polar surface area (TPSA) is 96.7 Å². The molecule has 0 aromatic rings. The Kier molecular flexibility index (Phi) is 2.94. The predicted molar refractivity (Wildman–Crippen MR) is 49.7 cm³/mol. The van der Waals surface area contributed by atoms with Crippen LogP contribution >= 0.6 is 0 Å². The highest BCUT2D eigenvalue weighted by Gasteiger charge is 2.18. The summed E-state index contributed by atoms with van der Waals surface area (Å²) in [5.74, 6) is 0.0567. The van der Waals surface area contributed by atoms with Gasteiger partial charge in [-0.3, -0.25) is 10.3 Å². The summed E-state index contributed by atoms with van der Waals surface area (Å²) < 4.78 is 0. The summed E-state index contributed by atoms with van der Waals surface area (Å²) in [7, 11) is 0. The molecule has 1 heterocycles. The van der Waals surface area contributed by atoms with Crippen molar-refractivity contribution in [3.05, 3.63) is 0 Å². The molecule has 74 valence electrons. The summed E-state index contributed by atoms with van der Waals surface area (Å²) in [5, 5.41) is 8.08. The van der Waals surface area contributed by atoms with Crippen molar-refractivity contribution in [3.8, 4) is 0 Å². The molecule has 1 aliphatic heterocycles. The number of rotatable bonds is 1. The van der Waals surface area contributed by atoms with Crippen molar-refractivity contribution in [1.29, 1.82) is 0 Å². The van der Waals surface area contributed by atoms with Gasteiger partial charge in [0.05, 0.1) is 0 Å². The molecule has 0 aromatic carbocycles. The SMILES string of the molecule is CC1CCCN1/N=C(\N)NC(N)=O. The first kappa shape index (κ1) is 9.63. The summed E-state index contributed by atoms with van der Waals surface area (Å²) in [6.45, 7) is 2.94. The molecule has 0 bridgehead atoms. The van der Waals surface area contributed by atoms with Crippen LogP contribution in [0.5, 0.6) is 0 Å². The molecule has 1 saturated heterocycles. The number of nitrogens with two attached hydrogens (primary N) is 2. The smallest absolute Gasteiger partial charge is 0.318 e. The van der Waals surface area contributed by atoms with Gasteiger partial charge in [0.1, 0.15) is 0 Å². The molecule has 1 fully saturated rings. The third-order valence-corrected chi connectivity index (χ3v) is 2.01. The largest absolute Gasteiger partial charge is 0.368 e. The molecule has 13 heavy (non-hydrogen) atoms. The first-order valence-corrected chi connectivity index (χ1v) is 4.27. The van der Waals surface area contributed by atoms with Gasteiger partial charge in [-0.25, -0.2) is 4.79 Å². The highest BCUT2D eigenvalue weighted by atomic mass is 16.2. The minimum Gasteiger partial charge on any atom is -0.368 e. The van der Waals surface area contributed by atoms with Gasteiger partial charge in [0, 0.05) is 12.6 Å². The molecule has 1 atom stereocenters. The normalized spacial score (nSPS) is 23.3. The van der Waals surface area contributed by atoms with Crippen LogP contribution in [0.4, 0.5) is 4.79 Å². The van der Waals surface area contributed by atoms with E-state index < -0.39 is 6.03 Å². The van der Waals surface area contributed by atoms with Crippen molar-refractivity contribution in [1.82, 2.24) is 10.3 Å². The number of urea groups is 1. The molecule has 0 spiro atoms. The quantitative estimate of drug-likeness (QED) is 0.375. The number of amides is 2. The Morgan fingerprint density at radius 1 is 1.62 bits per heavy atom. The lowest BCUT2D eigenvalue weighted by molar-refractivity contribution is 0.251. The molecular weight excluding hydrogens is 170 g/mol. The monoisotopic (exact) mass is 185 g/mol. The van der Waals surface area contributed by atoms with Crippen molar-refractivity contribution in [2.75, 3.05) is 6.54 Å². The van der Waals surface area contributed by atoms with Gasteiger partial charge in [-0.15, -0.1) is 5.10 Å². The highest BCUT2D eigenvalue weighted by Crippen LogP contribution is 2.15. The van der Waals surface area contributed by atoms with Gasteiger partial charge in [-0.05, 0) is 19.8 Å². The molecule has 0 aromatic heterocycles. The van der Waals surface area contributed by atoms with Gasteiger partial charge in [0.2, 0.25) is 5.96 Å². The molecule has 1 unspecified atom stereocenters. The lowest BCUT2D eigenvalue weighted by atomic mass is 10.3. The van der Waals surface area contributed by atoms with E-state index in [4.69, 9.17) is 11.5 Å². The van der Waals surface area contributed by atoms with E-state index in [9.17, 15) is 4.79 Å². The van der Waals surface area contributed by atoms with Gasteiger partial charge < -0.3 is 11.5 Å². The third kappa shape index (κ3) is 2.81. The second-order valence-electron chi connectivity index (χ2n) is 3.13. The Morgan fingerprint density at radius 3 is 2.77 bits per heavy atom. The number of hydrogen-bond donors (Lipinski definition) is 3. The summed E-state index contributed by atoms with van der Waals surface area (Å²) in [4.78, 5) is 10.4. The van der Waals surface area contributed by atoms with Gasteiger partial charge in [-0.2, -0.15) is 0 Å². The zero-order valence-electron chi connectivity index (χ0n) is 7.66. The first-order valence-electron chi connectivity index (χ1n) is 4.27. The van der Waals surface area contributed by atoms with Crippen LogP contribution in [-0.2, 0) is 0 Å². The van der Waals surface area contributed by atoms with Crippen LogP contribution in [0.3, 0.4) is 0 Å². The van der Waals surface area contributed by atoms with Crippen molar-refractivity contribution >= 4 is 12.0 Å². The van der Waals surface area contributed by atoms with E-state index in [0.717, 1.165) is 19.4 Å². The number of guanidine groups is 1. The maximum atomic E-state index is 10.4. The standard InChI is InChI=1S/C7H15N5O/c1-5-3-2-4-12(5)11-6(8)10-7(9)13/h5H,2-4H2,1H3,(H5,8,9,10,11,13). The van der Waals surface area contributed by atoms with E-state index >= 15 is 0 Å². The van der Waals surface area contributed by atoms with Gasteiger partial charge >= 0.3 is 6.03 Å². The maximum Gasteiger partial charge on any atom is 0.318 e. The Labute approximate surface area is 76.9 Å². The van der Waals surface area contributed by atoms with Gasteiger partial charge in [0.25, 0.3) is 0 Å². The van der Waals surface area contributed by atoms with Crippen LogP contribution in [0.1, 0.15) is 19.8 Å². The molecule has 1 rings (SSSR count). The number of carbonyl (C=O) groups is 1. The summed E-state index contributed by atoms with van der Waals surface area (Å²) in [5.41, 5.74) is 10.3. The fourth-order valence-electron chi connectivity index (χ4n) is 1.36. The van der Waals surface area contributed by atoms with E-state index in [0.29, 0.717) is 6.04 Å². The maximum absolute atomic E-state index is 10.4. The number of nitrogens with zero attached hydrogens (tertiary/aromatic N) is 2. The number of hydrogen-bond acceptors (Lipinski definition) is 3. The van der Waals surface area contributed by atoms with E-state index in [1.54, 1.807) is 0 Å². The minimum absolute atomic E-state index is 0.0567. The first-order chi connectivity index (χ1) is 6.09. The fraction of sp³-hybridized carbons (Fsp3) is 0.714. The van der Waals surface area contributed by atoms with E-state index in [1.165, 1.54) is 0 Å². The van der Waals surface area contributed by atoms with Crippen molar-refractivity contribution in [3.63, 3.8) is 0 Å². The second-order valence-corrected chi connectivity index (χ2v) is 3.13. The Morgan fingerprint density at radius 2 is 2.31 bits per heavy atom. The number of primary amides is 1. The summed E-state index contributed by atoms with van der Waals surface area (Å²) >= 11 is 0. The van der Waals surface area contributed by atoms with Crippen LogP contribution in [0.2, 0.25) is 0 Å². The van der Waals surface area contributed by atoms with E-state index in [-0.39, 0.29) is 5.96 Å². The predicted octanol–water partition coefficient (Wildman–Crippen LogP) is -0.631. The zero-order valence-corrected chi connectivity index (χ0v) is 7.66. The molecule has 6 nitrogen and oxygen atoms in total. The van der Waals surface area contributed by atoms with Crippen LogP contribution in [0.15, 0.2) is 5.10 Å². The average molecular weight is 185 g/mol. The van der Waals surface area contributed by atoms with Gasteiger partial charge in [-0.1, -0.05) is 0 Å². The van der Waals surface area contributed by atoms with Gasteiger partial charge in [0.15, 0.2) is 0 Å². The van der Waals surface area contributed by atoms with Crippen LogP contribution in [0.25, 0.3) is 0 Å². The summed E-state index contributed by atoms with van der Waals surface area (Å²) in [6.07, 6.45) is 2.21. The van der Waals surface area contributed by atoms with Crippen LogP contribution in [0, 0.1) is 0 Å². The lowest BCUT2D eigenvalue weighted by Gasteiger charge is -2.17. The number of nitrogens with one attached hydrogen (secondary N) is 1. The van der Waals surface area contributed by atoms with Crippen molar-refractivity contribution in [2.24, 2.45) is 16.6 Å². The zero-order chi connectivity index (χ0) is 9.84. The molecular formula is C7H15N5O. The third-order valence-electron chi connectivity index (χ3n) is 2.01. The Balaban J connectivity index is 2.48. The molecule has 6 heteroatoms. The molecule has 0 radical (unpaired) electrons. The van der Waals surface area contributed by atoms with Crippen LogP contribution < -0.4 is 16.8 Å². The highest BCUT2D eigenvalue weighted by molar-refractivity contribution is 5.94. The summed E-state index contributed by atoms with van der Waals surface area (Å²) in [6, 6.07) is -0.304. The molecule has 1 aliphatic rings. The molecule has 0 saturated carbocycles. The number of carbonyl (C=O) groups excluding carboxylic acids is 1.